The highest BCUT2D eigenvalue weighted by atomic mass is 16.4. The van der Waals surface area contributed by atoms with Gasteiger partial charge in [0.2, 0.25) is 0 Å². The monoisotopic (exact) mass is 485 g/mol. The van der Waals surface area contributed by atoms with Crippen LogP contribution in [0.5, 0.6) is 0 Å². The van der Waals surface area contributed by atoms with E-state index in [9.17, 15) is 14.4 Å². The lowest BCUT2D eigenvalue weighted by molar-refractivity contribution is -0.119. The van der Waals surface area contributed by atoms with Crippen LogP contribution in [0.25, 0.3) is 0 Å². The average molecular weight is 486 g/mol. The van der Waals surface area contributed by atoms with Gasteiger partial charge in [-0.05, 0) is 30.7 Å². The van der Waals surface area contributed by atoms with Crippen molar-refractivity contribution in [2.45, 2.75) is 84.0 Å². The Morgan fingerprint density at radius 3 is 1.86 bits per heavy atom. The van der Waals surface area contributed by atoms with Gasteiger partial charge in [0, 0.05) is 38.4 Å². The van der Waals surface area contributed by atoms with E-state index in [4.69, 9.17) is 5.11 Å². The van der Waals surface area contributed by atoms with Gasteiger partial charge in [0.15, 0.2) is 0 Å². The predicted molar refractivity (Wildman–Crippen MR) is 139 cm³/mol. The predicted octanol–water partition coefficient (Wildman–Crippen LogP) is 5.43. The summed E-state index contributed by atoms with van der Waals surface area (Å²) in [5, 5.41) is 12.0. The Labute approximate surface area is 210 Å². The molecule has 0 atom stereocenters. The van der Waals surface area contributed by atoms with E-state index in [0.29, 0.717) is 30.9 Å². The van der Waals surface area contributed by atoms with Crippen LogP contribution in [0.1, 0.15) is 105 Å². The van der Waals surface area contributed by atoms with Crippen LogP contribution in [0.3, 0.4) is 0 Å². The number of rotatable bonds is 16. The molecule has 0 saturated heterocycles. The number of amides is 2. The molecule has 1 aromatic rings. The minimum absolute atomic E-state index is 0.133. The number of nitrogens with one attached hydrogen (secondary N) is 1. The number of nitrogens with zero attached hydrogens (tertiary/aromatic N) is 2. The lowest BCUT2D eigenvalue weighted by Crippen LogP contribution is -2.44. The van der Waals surface area contributed by atoms with Crippen LogP contribution in [0.2, 0.25) is 0 Å². The molecule has 7 nitrogen and oxygen atoms in total. The zero-order valence-corrected chi connectivity index (χ0v) is 21.6. The van der Waals surface area contributed by atoms with Crippen molar-refractivity contribution in [3.8, 4) is 0 Å². The Morgan fingerprint density at radius 1 is 0.800 bits per heavy atom. The Balaban J connectivity index is 1.67. The van der Waals surface area contributed by atoms with Crippen molar-refractivity contribution in [2.24, 2.45) is 0 Å². The Morgan fingerprint density at radius 2 is 1.31 bits per heavy atom. The largest absolute Gasteiger partial charge is 0.478 e. The quantitative estimate of drug-likeness (QED) is 0.305. The highest BCUT2D eigenvalue weighted by Gasteiger charge is 2.24. The van der Waals surface area contributed by atoms with E-state index >= 15 is 0 Å². The number of unbranched alkanes of at least 4 members (excludes halogenated alkanes) is 11. The molecular weight excluding hydrogens is 442 g/mol. The first kappa shape index (κ1) is 28.4. The number of aromatic carboxylic acids is 1. The molecule has 0 fully saturated rings. The highest BCUT2D eigenvalue weighted by Crippen LogP contribution is 2.16. The van der Waals surface area contributed by atoms with Gasteiger partial charge in [-0.25, -0.2) is 4.79 Å². The Hall–Kier alpha value is -2.83. The molecule has 7 heteroatoms. The molecule has 2 amide bonds. The smallest absolute Gasteiger partial charge is 0.335 e. The van der Waals surface area contributed by atoms with E-state index in [2.05, 4.69) is 12.2 Å². The summed E-state index contributed by atoms with van der Waals surface area (Å²) < 4.78 is 0. The second-order valence-corrected chi connectivity index (χ2v) is 9.46. The van der Waals surface area contributed by atoms with E-state index in [-0.39, 0.29) is 17.4 Å². The fourth-order valence-electron chi connectivity index (χ4n) is 4.26. The first-order valence-electron chi connectivity index (χ1n) is 13.3. The lowest BCUT2D eigenvalue weighted by atomic mass is 10.1. The minimum Gasteiger partial charge on any atom is -0.478 e. The zero-order valence-electron chi connectivity index (χ0n) is 21.6. The van der Waals surface area contributed by atoms with E-state index in [1.165, 1.54) is 93.4 Å². The van der Waals surface area contributed by atoms with Gasteiger partial charge in [-0.2, -0.15) is 0 Å². The van der Waals surface area contributed by atoms with Crippen LogP contribution < -0.4 is 5.32 Å². The number of hydrogen-bond acceptors (Lipinski definition) is 4. The summed E-state index contributed by atoms with van der Waals surface area (Å²) in [5.41, 5.74) is 0.992. The molecule has 0 saturated carbocycles. The van der Waals surface area contributed by atoms with Gasteiger partial charge >= 0.3 is 5.97 Å². The van der Waals surface area contributed by atoms with Gasteiger partial charge in [-0.15, -0.1) is 0 Å². The highest BCUT2D eigenvalue weighted by molar-refractivity contribution is 5.98. The number of carboxylic acid groups (broad SMARTS) is 1. The number of carboxylic acids is 1. The van der Waals surface area contributed by atoms with Gasteiger partial charge in [0.25, 0.3) is 11.8 Å². The summed E-state index contributed by atoms with van der Waals surface area (Å²) in [6.45, 7) is 3.90. The number of likely N-dealkylation sites (N-methyl/N-ethyl adjacent to an activating group) is 1. The van der Waals surface area contributed by atoms with Crippen molar-refractivity contribution >= 4 is 17.8 Å². The zero-order chi connectivity index (χ0) is 25.5. The maximum Gasteiger partial charge on any atom is 0.335 e. The third kappa shape index (κ3) is 10.1. The van der Waals surface area contributed by atoms with Crippen molar-refractivity contribution in [3.63, 3.8) is 0 Å². The normalized spacial score (nSPS) is 13.5. The van der Waals surface area contributed by atoms with Crippen molar-refractivity contribution < 1.29 is 19.5 Å². The fraction of sp³-hybridized carbons (Fsp3) is 0.607. The number of carbonyl (C=O) groups is 3. The van der Waals surface area contributed by atoms with Crippen LogP contribution in [-0.2, 0) is 4.79 Å². The molecule has 35 heavy (non-hydrogen) atoms. The molecule has 0 spiro atoms. The first-order valence-corrected chi connectivity index (χ1v) is 13.3. The van der Waals surface area contributed by atoms with Crippen LogP contribution in [0, 0.1) is 0 Å². The topological polar surface area (TPSA) is 90.0 Å². The SMILES string of the molecule is CCCCCCCCCCCCCCNC(=O)C1=CN(C(=O)c2ccc(C(=O)O)cc2)CCN1C. The van der Waals surface area contributed by atoms with Crippen LogP contribution in [0.4, 0.5) is 0 Å². The molecule has 1 aliphatic rings. The van der Waals surface area contributed by atoms with Crippen LogP contribution in [0.15, 0.2) is 36.2 Å². The molecule has 0 radical (unpaired) electrons. The van der Waals surface area contributed by atoms with E-state index in [1.54, 1.807) is 6.20 Å². The number of benzene rings is 1. The van der Waals surface area contributed by atoms with Crippen LogP contribution in [-0.4, -0.2) is 59.4 Å². The molecule has 1 aromatic carbocycles. The van der Waals surface area contributed by atoms with E-state index in [0.717, 1.165) is 12.8 Å². The molecule has 1 aliphatic heterocycles. The lowest BCUT2D eigenvalue weighted by Gasteiger charge is -2.32. The molecule has 1 heterocycles. The molecule has 2 rings (SSSR count). The summed E-state index contributed by atoms with van der Waals surface area (Å²) in [6, 6.07) is 5.84. The summed E-state index contributed by atoms with van der Waals surface area (Å²) in [5.74, 6) is -1.45. The summed E-state index contributed by atoms with van der Waals surface area (Å²) in [7, 11) is 1.85. The molecule has 0 unspecified atom stereocenters. The molecule has 0 aliphatic carbocycles. The van der Waals surface area contributed by atoms with Gasteiger partial charge < -0.3 is 20.2 Å². The van der Waals surface area contributed by atoms with Crippen molar-refractivity contribution in [1.29, 1.82) is 0 Å². The minimum atomic E-state index is -1.03. The molecular formula is C28H43N3O4. The van der Waals surface area contributed by atoms with Crippen molar-refractivity contribution in [3.05, 3.63) is 47.3 Å². The summed E-state index contributed by atoms with van der Waals surface area (Å²) in [6.07, 6.45) is 16.9. The fourth-order valence-corrected chi connectivity index (χ4v) is 4.26. The molecule has 194 valence electrons. The first-order chi connectivity index (χ1) is 16.9. The van der Waals surface area contributed by atoms with Gasteiger partial charge in [0.1, 0.15) is 5.70 Å². The van der Waals surface area contributed by atoms with Crippen LogP contribution >= 0.6 is 0 Å². The molecule has 0 aromatic heterocycles. The maximum absolute atomic E-state index is 12.8. The van der Waals surface area contributed by atoms with Crippen molar-refractivity contribution in [2.75, 3.05) is 26.7 Å². The summed E-state index contributed by atoms with van der Waals surface area (Å²) in [4.78, 5) is 39.9. The second kappa shape index (κ2) is 16.0. The number of hydrogen-bond donors (Lipinski definition) is 2. The molecule has 0 bridgehead atoms. The summed E-state index contributed by atoms with van der Waals surface area (Å²) >= 11 is 0. The Kier molecular flexibility index (Phi) is 12.9. The Bertz CT molecular complexity index is 835. The van der Waals surface area contributed by atoms with Gasteiger partial charge in [-0.3, -0.25) is 9.59 Å². The van der Waals surface area contributed by atoms with E-state index < -0.39 is 5.97 Å². The van der Waals surface area contributed by atoms with Gasteiger partial charge in [-0.1, -0.05) is 77.6 Å². The molecule has 2 N–H and O–H groups in total. The van der Waals surface area contributed by atoms with Gasteiger partial charge in [0.05, 0.1) is 5.56 Å². The van der Waals surface area contributed by atoms with E-state index in [1.807, 2.05) is 11.9 Å². The third-order valence-electron chi connectivity index (χ3n) is 6.55. The average Bonchev–Trinajstić information content (AvgIpc) is 2.86. The second-order valence-electron chi connectivity index (χ2n) is 9.46. The number of carbonyl (C=O) groups excluding carboxylic acids is 2. The maximum atomic E-state index is 12.8. The standard InChI is InChI=1S/C28H43N3O4/c1-3-4-5-6-7-8-9-10-11-12-13-14-19-29-26(32)25-22-31(21-20-30(25)2)27(33)23-15-17-24(18-16-23)28(34)35/h15-18,22H,3-14,19-21H2,1-2H3,(H,29,32)(H,34,35). The van der Waals surface area contributed by atoms with Crippen molar-refractivity contribution in [1.82, 2.24) is 15.1 Å². The third-order valence-corrected chi connectivity index (χ3v) is 6.55.